The maximum atomic E-state index is 12.7. The SMILES string of the molecule is C=C(C)CS(=O)(=O)C1O[C@H](CC)[C@@H](C)[C@H](OC(C)=O)[C@H]1NC(C)=O. The van der Waals surface area contributed by atoms with Crippen LogP contribution in [0.2, 0.25) is 0 Å². The lowest BCUT2D eigenvalue weighted by atomic mass is 9.88. The standard InChI is InChI=1S/C16H27NO6S/c1-7-13-10(4)15(22-12(6)19)14(17-11(5)18)16(23-13)24(20,21)8-9(2)3/h10,13-16H,2,7-8H2,1,3-6H3,(H,17,18)/t10-,13-,14-,15+,16?/m1/s1. The van der Waals surface area contributed by atoms with Crippen LogP contribution in [-0.4, -0.2) is 49.7 Å². The summed E-state index contributed by atoms with van der Waals surface area (Å²) < 4.78 is 36.6. The van der Waals surface area contributed by atoms with E-state index in [1.165, 1.54) is 13.8 Å². The predicted molar refractivity (Wildman–Crippen MR) is 89.9 cm³/mol. The number of hydrogen-bond donors (Lipinski definition) is 1. The Hall–Kier alpha value is -1.41. The fourth-order valence-electron chi connectivity index (χ4n) is 3.03. The van der Waals surface area contributed by atoms with Gasteiger partial charge in [-0.2, -0.15) is 0 Å². The fourth-order valence-corrected chi connectivity index (χ4v) is 4.87. The van der Waals surface area contributed by atoms with Gasteiger partial charge in [0.25, 0.3) is 0 Å². The molecule has 1 unspecified atom stereocenters. The van der Waals surface area contributed by atoms with Crippen molar-refractivity contribution in [3.05, 3.63) is 12.2 Å². The fraction of sp³-hybridized carbons (Fsp3) is 0.750. The summed E-state index contributed by atoms with van der Waals surface area (Å²) in [5.41, 5.74) is -0.820. The van der Waals surface area contributed by atoms with Crippen LogP contribution in [0.25, 0.3) is 0 Å². The molecule has 1 rings (SSSR count). The number of sulfone groups is 1. The third-order valence-electron chi connectivity index (χ3n) is 3.94. The van der Waals surface area contributed by atoms with E-state index in [4.69, 9.17) is 9.47 Å². The van der Waals surface area contributed by atoms with Crippen LogP contribution in [0.1, 0.15) is 41.0 Å². The summed E-state index contributed by atoms with van der Waals surface area (Å²) in [6, 6.07) is -0.964. The molecule has 1 aliphatic heterocycles. The maximum absolute atomic E-state index is 12.7. The van der Waals surface area contributed by atoms with Gasteiger partial charge in [-0.15, -0.1) is 0 Å². The first kappa shape index (κ1) is 20.6. The molecule has 1 fully saturated rings. The van der Waals surface area contributed by atoms with Gasteiger partial charge in [-0.25, -0.2) is 8.42 Å². The van der Waals surface area contributed by atoms with Crippen molar-refractivity contribution in [3.8, 4) is 0 Å². The summed E-state index contributed by atoms with van der Waals surface area (Å²) in [5, 5.41) is 2.59. The zero-order chi connectivity index (χ0) is 18.7. The van der Waals surface area contributed by atoms with Crippen LogP contribution >= 0.6 is 0 Å². The van der Waals surface area contributed by atoms with Gasteiger partial charge in [-0.3, -0.25) is 9.59 Å². The molecule has 8 heteroatoms. The first-order valence-electron chi connectivity index (χ1n) is 7.95. The van der Waals surface area contributed by atoms with Gasteiger partial charge >= 0.3 is 5.97 Å². The summed E-state index contributed by atoms with van der Waals surface area (Å²) in [5.74, 6) is -1.47. The van der Waals surface area contributed by atoms with Crippen LogP contribution in [0.4, 0.5) is 0 Å². The highest BCUT2D eigenvalue weighted by Gasteiger charge is 2.50. The van der Waals surface area contributed by atoms with E-state index in [1.807, 2.05) is 13.8 Å². The normalized spacial score (nSPS) is 30.5. The predicted octanol–water partition coefficient (Wildman–Crippen LogP) is 1.18. The second kappa shape index (κ2) is 8.11. The molecule has 138 valence electrons. The minimum absolute atomic E-state index is 0.257. The van der Waals surface area contributed by atoms with Gasteiger partial charge in [0.2, 0.25) is 5.91 Å². The number of nitrogens with one attached hydrogen (secondary N) is 1. The van der Waals surface area contributed by atoms with Crippen LogP contribution in [0.15, 0.2) is 12.2 Å². The lowest BCUT2D eigenvalue weighted by Crippen LogP contribution is -2.63. The smallest absolute Gasteiger partial charge is 0.302 e. The Morgan fingerprint density at radius 3 is 2.25 bits per heavy atom. The van der Waals surface area contributed by atoms with Gasteiger partial charge in [-0.1, -0.05) is 26.0 Å². The number of esters is 1. The van der Waals surface area contributed by atoms with Crippen molar-refractivity contribution >= 4 is 21.7 Å². The molecule has 0 spiro atoms. The quantitative estimate of drug-likeness (QED) is 0.563. The van der Waals surface area contributed by atoms with Crippen molar-refractivity contribution in [1.82, 2.24) is 5.32 Å². The number of rotatable bonds is 6. The monoisotopic (exact) mass is 361 g/mol. The van der Waals surface area contributed by atoms with E-state index in [9.17, 15) is 18.0 Å². The topological polar surface area (TPSA) is 98.8 Å². The first-order valence-corrected chi connectivity index (χ1v) is 9.66. The van der Waals surface area contributed by atoms with E-state index in [1.54, 1.807) is 6.92 Å². The molecule has 0 saturated carbocycles. The lowest BCUT2D eigenvalue weighted by molar-refractivity contribution is -0.172. The third kappa shape index (κ3) is 5.04. The molecule has 1 heterocycles. The molecule has 0 bridgehead atoms. The van der Waals surface area contributed by atoms with Crippen LogP contribution < -0.4 is 5.32 Å². The van der Waals surface area contributed by atoms with Gasteiger partial charge in [0.15, 0.2) is 15.3 Å². The number of hydrogen-bond acceptors (Lipinski definition) is 6. The lowest BCUT2D eigenvalue weighted by Gasteiger charge is -2.44. The Morgan fingerprint density at radius 2 is 1.83 bits per heavy atom. The van der Waals surface area contributed by atoms with E-state index in [2.05, 4.69) is 11.9 Å². The van der Waals surface area contributed by atoms with Crippen molar-refractivity contribution in [1.29, 1.82) is 0 Å². The average molecular weight is 361 g/mol. The van der Waals surface area contributed by atoms with Gasteiger partial charge in [0.1, 0.15) is 12.1 Å². The highest BCUT2D eigenvalue weighted by Crippen LogP contribution is 2.33. The Labute approximate surface area is 143 Å². The van der Waals surface area contributed by atoms with Crippen LogP contribution in [0, 0.1) is 5.92 Å². The molecule has 0 aromatic carbocycles. The molecule has 5 atom stereocenters. The maximum Gasteiger partial charge on any atom is 0.302 e. The van der Waals surface area contributed by atoms with Crippen LogP contribution in [-0.2, 0) is 28.9 Å². The molecule has 0 aromatic rings. The van der Waals surface area contributed by atoms with Crippen molar-refractivity contribution in [2.45, 2.75) is 64.7 Å². The van der Waals surface area contributed by atoms with Gasteiger partial charge in [0, 0.05) is 19.8 Å². The molecule has 1 N–H and O–H groups in total. The second-order valence-electron chi connectivity index (χ2n) is 6.37. The summed E-state index contributed by atoms with van der Waals surface area (Å²) in [7, 11) is -3.74. The molecule has 1 amide bonds. The number of carbonyl (C=O) groups excluding carboxylic acids is 2. The number of amides is 1. The third-order valence-corrected chi connectivity index (χ3v) is 5.94. The molecule has 1 aliphatic rings. The van der Waals surface area contributed by atoms with E-state index in [0.29, 0.717) is 12.0 Å². The van der Waals surface area contributed by atoms with Gasteiger partial charge in [-0.05, 0) is 13.3 Å². The Balaban J connectivity index is 3.31. The Bertz CT molecular complexity index is 600. The average Bonchev–Trinajstić information content (AvgIpc) is 2.40. The van der Waals surface area contributed by atoms with Crippen molar-refractivity contribution < 1.29 is 27.5 Å². The van der Waals surface area contributed by atoms with E-state index in [0.717, 1.165) is 0 Å². The minimum Gasteiger partial charge on any atom is -0.460 e. The molecule has 7 nitrogen and oxygen atoms in total. The van der Waals surface area contributed by atoms with E-state index in [-0.39, 0.29) is 11.7 Å². The van der Waals surface area contributed by atoms with Crippen LogP contribution in [0.3, 0.4) is 0 Å². The highest BCUT2D eigenvalue weighted by molar-refractivity contribution is 7.92. The van der Waals surface area contributed by atoms with E-state index >= 15 is 0 Å². The van der Waals surface area contributed by atoms with E-state index < -0.39 is 45.4 Å². The number of ether oxygens (including phenoxy) is 2. The molecule has 24 heavy (non-hydrogen) atoms. The first-order chi connectivity index (χ1) is 11.0. The molecular weight excluding hydrogens is 334 g/mol. The molecular formula is C16H27NO6S. The van der Waals surface area contributed by atoms with Crippen molar-refractivity contribution in [3.63, 3.8) is 0 Å². The van der Waals surface area contributed by atoms with Crippen molar-refractivity contribution in [2.24, 2.45) is 5.92 Å². The van der Waals surface area contributed by atoms with Gasteiger partial charge in [0.05, 0.1) is 11.9 Å². The zero-order valence-electron chi connectivity index (χ0n) is 14.9. The van der Waals surface area contributed by atoms with Crippen molar-refractivity contribution in [2.75, 3.05) is 5.75 Å². The molecule has 0 aromatic heterocycles. The largest absolute Gasteiger partial charge is 0.460 e. The van der Waals surface area contributed by atoms with Crippen LogP contribution in [0.5, 0.6) is 0 Å². The number of carbonyl (C=O) groups is 2. The highest BCUT2D eigenvalue weighted by atomic mass is 32.2. The van der Waals surface area contributed by atoms with Gasteiger partial charge < -0.3 is 14.8 Å². The minimum atomic E-state index is -3.74. The molecule has 1 saturated heterocycles. The molecule has 0 radical (unpaired) electrons. The Morgan fingerprint density at radius 1 is 1.25 bits per heavy atom. The second-order valence-corrected chi connectivity index (χ2v) is 8.45. The molecule has 0 aliphatic carbocycles. The summed E-state index contributed by atoms with van der Waals surface area (Å²) in [4.78, 5) is 23.1. The summed E-state index contributed by atoms with van der Waals surface area (Å²) in [6.07, 6.45) is -0.621. The Kier molecular flexibility index (Phi) is 6.97. The summed E-state index contributed by atoms with van der Waals surface area (Å²) >= 11 is 0. The summed E-state index contributed by atoms with van der Waals surface area (Å²) in [6.45, 7) is 11.5. The zero-order valence-corrected chi connectivity index (χ0v) is 15.7.